The van der Waals surface area contributed by atoms with Gasteiger partial charge < -0.3 is 4.74 Å². The molecule has 0 fully saturated rings. The Hall–Kier alpha value is -1.15. The van der Waals surface area contributed by atoms with E-state index in [-0.39, 0.29) is 6.42 Å². The minimum absolute atomic E-state index is 0.278. The summed E-state index contributed by atoms with van der Waals surface area (Å²) in [6.07, 6.45) is 0.278. The van der Waals surface area contributed by atoms with Crippen LogP contribution in [0, 0.1) is 0 Å². The van der Waals surface area contributed by atoms with Crippen molar-refractivity contribution < 1.29 is 4.74 Å². The zero-order valence-electron chi connectivity index (χ0n) is 11.4. The zero-order chi connectivity index (χ0) is 15.3. The maximum atomic E-state index is 5.80. The van der Waals surface area contributed by atoms with Crippen molar-refractivity contribution in [3.8, 4) is 5.75 Å². The van der Waals surface area contributed by atoms with Crippen molar-refractivity contribution in [2.45, 2.75) is 16.8 Å². The van der Waals surface area contributed by atoms with E-state index in [1.165, 1.54) is 0 Å². The van der Waals surface area contributed by atoms with Gasteiger partial charge in [-0.25, -0.2) is 0 Å². The predicted molar refractivity (Wildman–Crippen MR) is 91.2 cm³/mol. The Morgan fingerprint density at radius 3 is 2.38 bits per heavy atom. The van der Waals surface area contributed by atoms with Gasteiger partial charge >= 0.3 is 0 Å². The Morgan fingerprint density at radius 1 is 1.00 bits per heavy atom. The number of allylic oxidation sites excluding steroid dienone is 1. The van der Waals surface area contributed by atoms with Crippen molar-refractivity contribution in [2.24, 2.45) is 0 Å². The van der Waals surface area contributed by atoms with E-state index < -0.39 is 3.79 Å². The van der Waals surface area contributed by atoms with Crippen LogP contribution in [0.25, 0.3) is 5.57 Å². The first-order chi connectivity index (χ1) is 9.94. The fraction of sp³-hybridized carbons (Fsp3) is 0.176. The molecule has 0 bridgehead atoms. The first-order valence-electron chi connectivity index (χ1n) is 6.46. The molecule has 0 unspecified atom stereocenters. The maximum absolute atomic E-state index is 5.80. The number of halogens is 3. The molecule has 0 atom stereocenters. The minimum atomic E-state index is -1.34. The Morgan fingerprint density at radius 2 is 1.71 bits per heavy atom. The summed E-state index contributed by atoms with van der Waals surface area (Å²) in [6, 6.07) is 17.6. The smallest absolute Gasteiger partial charge is 0.194 e. The summed E-state index contributed by atoms with van der Waals surface area (Å²) in [4.78, 5) is 0. The van der Waals surface area contributed by atoms with Gasteiger partial charge in [-0.2, -0.15) is 0 Å². The van der Waals surface area contributed by atoms with E-state index in [1.54, 1.807) is 0 Å². The molecule has 0 radical (unpaired) electrons. The molecule has 2 rings (SSSR count). The summed E-state index contributed by atoms with van der Waals surface area (Å²) in [5.41, 5.74) is 2.79. The van der Waals surface area contributed by atoms with Gasteiger partial charge in [0.2, 0.25) is 0 Å². The largest absolute Gasteiger partial charge is 0.489 e. The normalized spacial score (nSPS) is 11.2. The topological polar surface area (TPSA) is 9.23 Å². The van der Waals surface area contributed by atoms with Crippen LogP contribution in [0.5, 0.6) is 5.75 Å². The van der Waals surface area contributed by atoms with E-state index in [0.717, 1.165) is 22.4 Å². The molecule has 0 N–H and O–H groups in total. The summed E-state index contributed by atoms with van der Waals surface area (Å²) in [7, 11) is 0. The summed E-state index contributed by atoms with van der Waals surface area (Å²) in [6.45, 7) is 4.48. The third kappa shape index (κ3) is 5.62. The lowest BCUT2D eigenvalue weighted by Gasteiger charge is -2.14. The molecule has 0 amide bonds. The Labute approximate surface area is 140 Å². The molecule has 0 aliphatic rings. The van der Waals surface area contributed by atoms with Gasteiger partial charge in [0.15, 0.2) is 3.79 Å². The quantitative estimate of drug-likeness (QED) is 0.602. The molecule has 4 heteroatoms. The standard InChI is InChI=1S/C17H15Cl3O/c1-13(11-17(18,19)20)15-8-5-9-16(10-15)21-12-14-6-3-2-4-7-14/h2-10H,1,11-12H2. The lowest BCUT2D eigenvalue weighted by molar-refractivity contribution is 0.306. The minimum Gasteiger partial charge on any atom is -0.489 e. The third-order valence-corrected chi connectivity index (χ3v) is 3.31. The van der Waals surface area contributed by atoms with Gasteiger partial charge in [-0.3, -0.25) is 0 Å². The highest BCUT2D eigenvalue weighted by atomic mass is 35.6. The highest BCUT2D eigenvalue weighted by Crippen LogP contribution is 2.36. The van der Waals surface area contributed by atoms with Crippen LogP contribution < -0.4 is 4.74 Å². The van der Waals surface area contributed by atoms with E-state index in [1.807, 2.05) is 54.6 Å². The molecule has 0 saturated heterocycles. The Balaban J connectivity index is 2.02. The summed E-state index contributed by atoms with van der Waals surface area (Å²) >= 11 is 17.4. The molecule has 2 aromatic carbocycles. The number of hydrogen-bond donors (Lipinski definition) is 0. The molecule has 0 spiro atoms. The summed E-state index contributed by atoms with van der Waals surface area (Å²) < 4.78 is 4.44. The van der Waals surface area contributed by atoms with Gasteiger partial charge in [-0.15, -0.1) is 0 Å². The lowest BCUT2D eigenvalue weighted by Crippen LogP contribution is -2.03. The highest BCUT2D eigenvalue weighted by Gasteiger charge is 2.21. The van der Waals surface area contributed by atoms with Crippen LogP contribution in [0.15, 0.2) is 61.2 Å². The summed E-state index contributed by atoms with van der Waals surface area (Å²) in [5, 5.41) is 0. The van der Waals surface area contributed by atoms with Crippen molar-refractivity contribution in [3.05, 3.63) is 72.3 Å². The number of benzene rings is 2. The highest BCUT2D eigenvalue weighted by molar-refractivity contribution is 6.67. The first-order valence-corrected chi connectivity index (χ1v) is 7.59. The number of alkyl halides is 3. The molecule has 0 aliphatic heterocycles. The van der Waals surface area contributed by atoms with Crippen molar-refractivity contribution in [2.75, 3.05) is 0 Å². The molecule has 21 heavy (non-hydrogen) atoms. The molecule has 0 aliphatic carbocycles. The average Bonchev–Trinajstić information content (AvgIpc) is 2.45. The van der Waals surface area contributed by atoms with Crippen molar-refractivity contribution in [1.29, 1.82) is 0 Å². The summed E-state index contributed by atoms with van der Waals surface area (Å²) in [5.74, 6) is 0.766. The van der Waals surface area contributed by atoms with Crippen molar-refractivity contribution >= 4 is 40.4 Å². The van der Waals surface area contributed by atoms with Gasteiger partial charge in [-0.1, -0.05) is 83.8 Å². The average molecular weight is 342 g/mol. The van der Waals surface area contributed by atoms with Crippen LogP contribution in [0.3, 0.4) is 0 Å². The van der Waals surface area contributed by atoms with Crippen LogP contribution in [-0.2, 0) is 6.61 Å². The molecular formula is C17H15Cl3O. The Bertz CT molecular complexity index is 603. The van der Waals surface area contributed by atoms with E-state index >= 15 is 0 Å². The number of hydrogen-bond acceptors (Lipinski definition) is 1. The van der Waals surface area contributed by atoms with E-state index in [4.69, 9.17) is 39.5 Å². The molecule has 0 saturated carbocycles. The van der Waals surface area contributed by atoms with Crippen LogP contribution >= 0.6 is 34.8 Å². The SMILES string of the molecule is C=C(CC(Cl)(Cl)Cl)c1cccc(OCc2ccccc2)c1. The molecule has 0 heterocycles. The van der Waals surface area contributed by atoms with E-state index in [9.17, 15) is 0 Å². The monoisotopic (exact) mass is 340 g/mol. The predicted octanol–water partition coefficient (Wildman–Crippen LogP) is 6.04. The molecule has 0 aromatic heterocycles. The fourth-order valence-corrected chi connectivity index (χ4v) is 2.37. The molecule has 110 valence electrons. The lowest BCUT2D eigenvalue weighted by atomic mass is 10.1. The molecular weight excluding hydrogens is 327 g/mol. The van der Waals surface area contributed by atoms with Gasteiger partial charge in [-0.05, 0) is 28.8 Å². The number of rotatable bonds is 5. The van der Waals surface area contributed by atoms with Crippen LogP contribution in [0.4, 0.5) is 0 Å². The molecule has 1 nitrogen and oxygen atoms in total. The van der Waals surface area contributed by atoms with Crippen LogP contribution in [0.2, 0.25) is 0 Å². The maximum Gasteiger partial charge on any atom is 0.194 e. The van der Waals surface area contributed by atoms with Crippen LogP contribution in [-0.4, -0.2) is 3.79 Å². The number of ether oxygens (including phenoxy) is 1. The second kappa shape index (κ2) is 7.22. The Kier molecular flexibility index (Phi) is 5.58. The van der Waals surface area contributed by atoms with Crippen molar-refractivity contribution in [3.63, 3.8) is 0 Å². The molecule has 2 aromatic rings. The first kappa shape index (κ1) is 16.2. The van der Waals surface area contributed by atoms with Gasteiger partial charge in [0, 0.05) is 6.42 Å². The van der Waals surface area contributed by atoms with E-state index in [2.05, 4.69) is 6.58 Å². The van der Waals surface area contributed by atoms with Crippen LogP contribution in [0.1, 0.15) is 17.5 Å². The zero-order valence-corrected chi connectivity index (χ0v) is 13.6. The second-order valence-corrected chi connectivity index (χ2v) is 7.21. The second-order valence-electron chi connectivity index (χ2n) is 4.70. The van der Waals surface area contributed by atoms with Gasteiger partial charge in [0.05, 0.1) is 0 Å². The van der Waals surface area contributed by atoms with Crippen molar-refractivity contribution in [1.82, 2.24) is 0 Å². The van der Waals surface area contributed by atoms with Gasteiger partial charge in [0.25, 0.3) is 0 Å². The van der Waals surface area contributed by atoms with E-state index in [0.29, 0.717) is 6.61 Å². The fourth-order valence-electron chi connectivity index (χ4n) is 1.89. The third-order valence-electron chi connectivity index (χ3n) is 2.90. The van der Waals surface area contributed by atoms with Gasteiger partial charge in [0.1, 0.15) is 12.4 Å².